The lowest BCUT2D eigenvalue weighted by Crippen LogP contribution is -2.55. The second kappa shape index (κ2) is 9.74. The molecule has 0 radical (unpaired) electrons. The Balaban J connectivity index is 1.51. The van der Waals surface area contributed by atoms with Gasteiger partial charge < -0.3 is 19.8 Å². The molecule has 2 fully saturated rings. The molecule has 11 heteroatoms. The molecule has 0 aromatic heterocycles. The molecular formula is C25H32F3N3O4S. The van der Waals surface area contributed by atoms with Gasteiger partial charge in [0.1, 0.15) is 0 Å². The molecule has 7 nitrogen and oxygen atoms in total. The summed E-state index contributed by atoms with van der Waals surface area (Å²) in [7, 11) is -3.50. The number of hydrogen-bond donors (Lipinski definition) is 1. The summed E-state index contributed by atoms with van der Waals surface area (Å²) in [5.74, 6) is -0.185. The third-order valence-electron chi connectivity index (χ3n) is 7.33. The van der Waals surface area contributed by atoms with Gasteiger partial charge in [0.25, 0.3) is 0 Å². The number of carbonyl (C=O) groups is 1. The van der Waals surface area contributed by atoms with Crippen molar-refractivity contribution in [1.82, 2.24) is 9.80 Å². The molecule has 1 N–H and O–H groups in total. The summed E-state index contributed by atoms with van der Waals surface area (Å²) >= 11 is 0. The first-order chi connectivity index (χ1) is 16.8. The zero-order valence-corrected chi connectivity index (χ0v) is 21.3. The molecule has 2 aliphatic heterocycles. The minimum absolute atomic E-state index is 0.0439. The van der Waals surface area contributed by atoms with E-state index in [0.717, 1.165) is 24.8 Å². The highest BCUT2D eigenvalue weighted by Gasteiger charge is 2.46. The van der Waals surface area contributed by atoms with E-state index in [2.05, 4.69) is 0 Å². The number of alkyl halides is 3. The van der Waals surface area contributed by atoms with Crippen LogP contribution in [0.1, 0.15) is 31.7 Å². The average Bonchev–Trinajstić information content (AvgIpc) is 2.82. The molecule has 4 rings (SSSR count). The Morgan fingerprint density at radius 2 is 1.67 bits per heavy atom. The highest BCUT2D eigenvalue weighted by Crippen LogP contribution is 2.43. The second-order valence-corrected chi connectivity index (χ2v) is 12.1. The maximum atomic E-state index is 13.9. The molecule has 1 aromatic rings. The van der Waals surface area contributed by atoms with Gasteiger partial charge in [0, 0.05) is 68.2 Å². The number of halogens is 3. The van der Waals surface area contributed by atoms with Crippen molar-refractivity contribution < 1.29 is 31.5 Å². The summed E-state index contributed by atoms with van der Waals surface area (Å²) in [6, 6.07) is 4.99. The van der Waals surface area contributed by atoms with Crippen LogP contribution in [0.25, 0.3) is 0 Å². The number of piperazine rings is 1. The van der Waals surface area contributed by atoms with Gasteiger partial charge in [-0.1, -0.05) is 0 Å². The Kier molecular flexibility index (Phi) is 7.18. The van der Waals surface area contributed by atoms with Gasteiger partial charge in [-0.05, 0) is 56.2 Å². The lowest BCUT2D eigenvalue weighted by atomic mass is 9.77. The molecule has 2 unspecified atom stereocenters. The molecule has 36 heavy (non-hydrogen) atoms. The largest absolute Gasteiger partial charge is 0.416 e. The Morgan fingerprint density at radius 3 is 2.22 bits per heavy atom. The Bertz CT molecular complexity index is 1160. The van der Waals surface area contributed by atoms with E-state index >= 15 is 0 Å². The fraction of sp³-hybridized carbons (Fsp3) is 0.560. The number of aliphatic hydroxyl groups is 1. The lowest BCUT2D eigenvalue weighted by molar-refractivity contribution is -0.141. The zero-order valence-electron chi connectivity index (χ0n) is 20.5. The summed E-state index contributed by atoms with van der Waals surface area (Å²) in [5, 5.41) is 10.2. The number of hydrogen-bond acceptors (Lipinski definition) is 6. The maximum absolute atomic E-state index is 13.9. The van der Waals surface area contributed by atoms with Crippen molar-refractivity contribution in [2.75, 3.05) is 50.4 Å². The van der Waals surface area contributed by atoms with Crippen molar-refractivity contribution in [1.29, 1.82) is 0 Å². The van der Waals surface area contributed by atoms with E-state index in [-0.39, 0.29) is 17.2 Å². The third-order valence-corrected chi connectivity index (χ3v) is 8.57. The van der Waals surface area contributed by atoms with Crippen molar-refractivity contribution >= 4 is 21.4 Å². The quantitative estimate of drug-likeness (QED) is 0.649. The normalized spacial score (nSPS) is 25.9. The van der Waals surface area contributed by atoms with Crippen LogP contribution in [0.5, 0.6) is 0 Å². The third kappa shape index (κ3) is 5.41. The smallest absolute Gasteiger partial charge is 0.391 e. The molecule has 0 bridgehead atoms. The average molecular weight is 528 g/mol. The van der Waals surface area contributed by atoms with Crippen molar-refractivity contribution in [3.05, 3.63) is 52.6 Å². The number of β-amino-alcohol motifs (C(OH)–C–C–N with tert-alkyl or cyclic N) is 1. The van der Waals surface area contributed by atoms with Gasteiger partial charge in [0.05, 0.1) is 17.1 Å². The monoisotopic (exact) mass is 527 g/mol. The van der Waals surface area contributed by atoms with Crippen LogP contribution < -0.4 is 4.90 Å². The van der Waals surface area contributed by atoms with E-state index in [4.69, 9.17) is 0 Å². The van der Waals surface area contributed by atoms with Gasteiger partial charge in [-0.15, -0.1) is 0 Å². The number of carbonyl (C=O) groups excluding carboxylic acids is 1. The fourth-order valence-corrected chi connectivity index (χ4v) is 6.17. The minimum Gasteiger partial charge on any atom is -0.391 e. The number of anilines is 1. The van der Waals surface area contributed by atoms with Gasteiger partial charge in [-0.25, -0.2) is 8.42 Å². The molecule has 1 aromatic carbocycles. The number of sulfone groups is 1. The van der Waals surface area contributed by atoms with Crippen LogP contribution in [0.2, 0.25) is 0 Å². The summed E-state index contributed by atoms with van der Waals surface area (Å²) in [6.07, 6.45) is 0.998. The van der Waals surface area contributed by atoms with Crippen molar-refractivity contribution in [2.45, 2.75) is 38.5 Å². The number of nitrogens with zero attached hydrogens (tertiary/aromatic N) is 3. The second-order valence-electron chi connectivity index (χ2n) is 10.0. The molecule has 198 valence electrons. The molecule has 2 atom stereocenters. The number of amides is 1. The fourth-order valence-electron chi connectivity index (χ4n) is 5.30. The number of allylic oxidation sites excluding steroid dienone is 3. The predicted molar refractivity (Wildman–Crippen MR) is 131 cm³/mol. The summed E-state index contributed by atoms with van der Waals surface area (Å²) in [4.78, 5) is 19.7. The van der Waals surface area contributed by atoms with Crippen LogP contribution in [-0.4, -0.2) is 80.9 Å². The summed E-state index contributed by atoms with van der Waals surface area (Å²) in [5.41, 5.74) is -0.448. The molecule has 0 saturated carbocycles. The van der Waals surface area contributed by atoms with Crippen molar-refractivity contribution in [3.8, 4) is 0 Å². The number of benzene rings is 1. The van der Waals surface area contributed by atoms with E-state index < -0.39 is 33.1 Å². The topological polar surface area (TPSA) is 81.2 Å². The number of likely N-dealkylation sites (tertiary alicyclic amines) is 1. The van der Waals surface area contributed by atoms with Gasteiger partial charge in [0.2, 0.25) is 5.91 Å². The standard InChI is InChI=1S/C25H32F3N3O4S/c1-24(16-21(36(2,34)35)9-10-22(24)31-11-3-4-20(32)17-31)23(33)30-14-12-29(13-15-30)19-7-5-18(6-8-19)25(26,27)28/h5-10,20,32H,3-4,11-17H2,1-2H3. The number of aliphatic hydroxyl groups excluding tert-OH is 1. The van der Waals surface area contributed by atoms with Crippen LogP contribution in [0.3, 0.4) is 0 Å². The van der Waals surface area contributed by atoms with Gasteiger partial charge in [-0.2, -0.15) is 13.2 Å². The van der Waals surface area contributed by atoms with Gasteiger partial charge in [-0.3, -0.25) is 4.79 Å². The first-order valence-corrected chi connectivity index (χ1v) is 13.9. The first kappa shape index (κ1) is 26.5. The predicted octanol–water partition coefficient (Wildman–Crippen LogP) is 3.03. The van der Waals surface area contributed by atoms with E-state index in [1.54, 1.807) is 24.0 Å². The highest BCUT2D eigenvalue weighted by atomic mass is 32.2. The lowest BCUT2D eigenvalue weighted by Gasteiger charge is -2.46. The highest BCUT2D eigenvalue weighted by molar-refractivity contribution is 7.94. The molecule has 1 amide bonds. The van der Waals surface area contributed by atoms with Crippen molar-refractivity contribution in [2.24, 2.45) is 5.41 Å². The van der Waals surface area contributed by atoms with Crippen LogP contribution in [0, 0.1) is 5.41 Å². The number of rotatable bonds is 4. The Labute approximate surface area is 209 Å². The van der Waals surface area contributed by atoms with Crippen LogP contribution in [0.4, 0.5) is 18.9 Å². The molecule has 2 saturated heterocycles. The van der Waals surface area contributed by atoms with Gasteiger partial charge in [0.15, 0.2) is 9.84 Å². The molecule has 0 spiro atoms. The SMILES string of the molecule is CC1(C(=O)N2CCN(c3ccc(C(F)(F)F)cc3)CC2)CC(S(C)(=O)=O)=CC=C1N1CCCC(O)C1. The molecular weight excluding hydrogens is 495 g/mol. The van der Waals surface area contributed by atoms with Crippen LogP contribution >= 0.6 is 0 Å². The zero-order chi connectivity index (χ0) is 26.3. The number of piperidine rings is 1. The summed E-state index contributed by atoms with van der Waals surface area (Å²) < 4.78 is 63.3. The van der Waals surface area contributed by atoms with Crippen LogP contribution in [0.15, 0.2) is 47.0 Å². The Morgan fingerprint density at radius 1 is 1.03 bits per heavy atom. The van der Waals surface area contributed by atoms with E-state index in [1.807, 2.05) is 9.80 Å². The van der Waals surface area contributed by atoms with E-state index in [0.29, 0.717) is 57.1 Å². The molecule has 2 heterocycles. The summed E-state index contributed by atoms with van der Waals surface area (Å²) in [6.45, 7) is 4.45. The maximum Gasteiger partial charge on any atom is 0.416 e. The van der Waals surface area contributed by atoms with Gasteiger partial charge >= 0.3 is 6.18 Å². The van der Waals surface area contributed by atoms with E-state index in [9.17, 15) is 31.5 Å². The Hall–Kier alpha value is -2.53. The minimum atomic E-state index is -4.39. The molecule has 3 aliphatic rings. The van der Waals surface area contributed by atoms with E-state index in [1.165, 1.54) is 12.1 Å². The van der Waals surface area contributed by atoms with Crippen molar-refractivity contribution in [3.63, 3.8) is 0 Å². The first-order valence-electron chi connectivity index (χ1n) is 12.0. The molecule has 1 aliphatic carbocycles. The van der Waals surface area contributed by atoms with Crippen LogP contribution in [-0.2, 0) is 20.8 Å².